The fourth-order valence-corrected chi connectivity index (χ4v) is 4.27. The standard InChI is InChI=1S/C24H16N4O5S/c25-14-20(22(29)26-15-19-7-4-12-33-19)24-27(17-5-2-1-3-6-17)23(30)21(34-24)13-16-8-10-18(11-9-16)28(31)32/h1-13H,15H2,(H,26,29)/b21-13-,24-20-. The molecule has 1 amide bonds. The molecule has 0 spiro atoms. The fourth-order valence-electron chi connectivity index (χ4n) is 3.17. The molecule has 0 bridgehead atoms. The molecule has 4 rings (SSSR count). The second-order valence-electron chi connectivity index (χ2n) is 6.99. The topological polar surface area (TPSA) is 131 Å². The Bertz CT molecular complexity index is 1560. The van der Waals surface area contributed by atoms with Gasteiger partial charge in [0, 0.05) is 12.1 Å². The maximum atomic E-state index is 13.3. The van der Waals surface area contributed by atoms with Gasteiger partial charge >= 0.3 is 0 Å². The summed E-state index contributed by atoms with van der Waals surface area (Å²) in [4.78, 5) is 36.5. The number of nitrogens with one attached hydrogen (secondary N) is 1. The molecule has 0 radical (unpaired) electrons. The number of carbonyl (C=O) groups is 1. The number of hydrogen-bond acceptors (Lipinski definition) is 7. The molecule has 2 aromatic carbocycles. The molecule has 0 fully saturated rings. The highest BCUT2D eigenvalue weighted by atomic mass is 32.1. The fraction of sp³-hybridized carbons (Fsp3) is 0.0417. The number of non-ortho nitro benzene ring substituents is 1. The summed E-state index contributed by atoms with van der Waals surface area (Å²) in [5, 5.41) is 23.3. The van der Waals surface area contributed by atoms with Crippen molar-refractivity contribution in [3.05, 3.63) is 114 Å². The van der Waals surface area contributed by atoms with Gasteiger partial charge in [-0.05, 0) is 48.0 Å². The van der Waals surface area contributed by atoms with Gasteiger partial charge in [-0.3, -0.25) is 24.3 Å². The van der Waals surface area contributed by atoms with Crippen molar-refractivity contribution in [2.45, 2.75) is 6.54 Å². The van der Waals surface area contributed by atoms with Gasteiger partial charge in [0.15, 0.2) is 5.57 Å². The molecule has 0 aliphatic rings. The van der Waals surface area contributed by atoms with E-state index in [2.05, 4.69) is 5.32 Å². The van der Waals surface area contributed by atoms with E-state index in [1.165, 1.54) is 35.1 Å². The molecule has 34 heavy (non-hydrogen) atoms. The summed E-state index contributed by atoms with van der Waals surface area (Å²) in [6, 6.07) is 19.7. The first-order valence-corrected chi connectivity index (χ1v) is 10.8. The number of thiazole rings is 1. The number of nitrogens with zero attached hydrogens (tertiary/aromatic N) is 3. The molecular formula is C24H16N4O5S. The zero-order valence-electron chi connectivity index (χ0n) is 17.5. The molecule has 2 aromatic heterocycles. The van der Waals surface area contributed by atoms with E-state index >= 15 is 0 Å². The van der Waals surface area contributed by atoms with Gasteiger partial charge in [-0.25, -0.2) is 0 Å². The van der Waals surface area contributed by atoms with Crippen LogP contribution in [0.4, 0.5) is 5.69 Å². The van der Waals surface area contributed by atoms with Crippen molar-refractivity contribution in [3.63, 3.8) is 0 Å². The Morgan fingerprint density at radius 1 is 1.15 bits per heavy atom. The maximum Gasteiger partial charge on any atom is 0.273 e. The predicted molar refractivity (Wildman–Crippen MR) is 125 cm³/mol. The van der Waals surface area contributed by atoms with Crippen LogP contribution >= 0.6 is 11.3 Å². The number of para-hydroxylation sites is 1. The Hall–Kier alpha value is -4.75. The number of benzene rings is 2. The van der Waals surface area contributed by atoms with Crippen LogP contribution in [-0.2, 0) is 11.3 Å². The van der Waals surface area contributed by atoms with Gasteiger partial charge in [-0.2, -0.15) is 5.26 Å². The van der Waals surface area contributed by atoms with E-state index in [1.807, 2.05) is 6.07 Å². The third-order valence-corrected chi connectivity index (χ3v) is 5.89. The van der Waals surface area contributed by atoms with Crippen LogP contribution < -0.4 is 20.1 Å². The summed E-state index contributed by atoms with van der Waals surface area (Å²) in [7, 11) is 0. The van der Waals surface area contributed by atoms with E-state index < -0.39 is 16.4 Å². The molecule has 0 saturated carbocycles. The summed E-state index contributed by atoms with van der Waals surface area (Å²) in [6.45, 7) is 0.0831. The maximum absolute atomic E-state index is 13.3. The van der Waals surface area contributed by atoms with Gasteiger partial charge in [-0.15, -0.1) is 11.3 Å². The van der Waals surface area contributed by atoms with Crippen LogP contribution in [0.1, 0.15) is 11.3 Å². The smallest absolute Gasteiger partial charge is 0.273 e. The van der Waals surface area contributed by atoms with E-state index in [0.29, 0.717) is 17.0 Å². The molecule has 2 heterocycles. The average molecular weight is 472 g/mol. The van der Waals surface area contributed by atoms with E-state index in [1.54, 1.807) is 48.5 Å². The molecule has 0 atom stereocenters. The molecule has 0 saturated heterocycles. The normalized spacial score (nSPS) is 12.1. The third kappa shape index (κ3) is 4.69. The Kier molecular flexibility index (Phi) is 6.47. The Morgan fingerprint density at radius 2 is 1.88 bits per heavy atom. The lowest BCUT2D eigenvalue weighted by Crippen LogP contribution is -2.33. The second-order valence-corrected chi connectivity index (χ2v) is 8.02. The average Bonchev–Trinajstić information content (AvgIpc) is 3.47. The Labute approximate surface area is 196 Å². The first-order chi connectivity index (χ1) is 16.5. The number of nitro groups is 1. The van der Waals surface area contributed by atoms with Gasteiger partial charge in [0.05, 0.1) is 28.0 Å². The second kappa shape index (κ2) is 9.81. The lowest BCUT2D eigenvalue weighted by molar-refractivity contribution is -0.384. The first-order valence-electron chi connectivity index (χ1n) is 9.96. The van der Waals surface area contributed by atoms with Crippen LogP contribution in [0.3, 0.4) is 0 Å². The molecule has 10 heteroatoms. The highest BCUT2D eigenvalue weighted by molar-refractivity contribution is 7.07. The molecule has 1 N–H and O–H groups in total. The summed E-state index contributed by atoms with van der Waals surface area (Å²) >= 11 is 0.988. The van der Waals surface area contributed by atoms with Gasteiger partial charge < -0.3 is 9.73 Å². The van der Waals surface area contributed by atoms with Crippen molar-refractivity contribution in [1.29, 1.82) is 5.26 Å². The van der Waals surface area contributed by atoms with Crippen LogP contribution in [0.2, 0.25) is 0 Å². The zero-order valence-corrected chi connectivity index (χ0v) is 18.3. The lowest BCUT2D eigenvalue weighted by Gasteiger charge is -2.04. The van der Waals surface area contributed by atoms with Gasteiger partial charge in [-0.1, -0.05) is 18.2 Å². The van der Waals surface area contributed by atoms with Gasteiger partial charge in [0.25, 0.3) is 17.2 Å². The van der Waals surface area contributed by atoms with E-state index in [-0.39, 0.29) is 27.0 Å². The van der Waals surface area contributed by atoms with Crippen LogP contribution in [0, 0.1) is 21.4 Å². The van der Waals surface area contributed by atoms with Crippen LogP contribution in [0.15, 0.2) is 82.2 Å². The van der Waals surface area contributed by atoms with Crippen LogP contribution in [0.5, 0.6) is 0 Å². The van der Waals surface area contributed by atoms with E-state index in [4.69, 9.17) is 4.42 Å². The van der Waals surface area contributed by atoms with Crippen molar-refractivity contribution in [2.75, 3.05) is 0 Å². The minimum atomic E-state index is -0.647. The number of furan rings is 1. The number of nitro benzene ring substituents is 1. The molecular weight excluding hydrogens is 456 g/mol. The monoisotopic (exact) mass is 472 g/mol. The van der Waals surface area contributed by atoms with Gasteiger partial charge in [0.2, 0.25) is 0 Å². The summed E-state index contributed by atoms with van der Waals surface area (Å²) in [6.07, 6.45) is 3.04. The third-order valence-electron chi connectivity index (χ3n) is 4.80. The Balaban J connectivity index is 1.87. The molecule has 0 aliphatic carbocycles. The summed E-state index contributed by atoms with van der Waals surface area (Å²) < 4.78 is 6.95. The van der Waals surface area contributed by atoms with Crippen molar-refractivity contribution in [3.8, 4) is 11.8 Å². The largest absolute Gasteiger partial charge is 0.467 e. The quantitative estimate of drug-likeness (QED) is 0.338. The number of hydrogen-bond donors (Lipinski definition) is 1. The summed E-state index contributed by atoms with van der Waals surface area (Å²) in [5.41, 5.74) is 0.348. The minimum Gasteiger partial charge on any atom is -0.467 e. The minimum absolute atomic E-state index is 0.0703. The van der Waals surface area contributed by atoms with Crippen molar-refractivity contribution >= 4 is 34.6 Å². The first kappa shape index (κ1) is 22.4. The number of nitriles is 1. The van der Waals surface area contributed by atoms with Gasteiger partial charge in [0.1, 0.15) is 16.5 Å². The number of carbonyl (C=O) groups excluding carboxylic acids is 1. The lowest BCUT2D eigenvalue weighted by atomic mass is 10.2. The number of amides is 1. The molecule has 4 aromatic rings. The van der Waals surface area contributed by atoms with Crippen molar-refractivity contribution in [2.24, 2.45) is 0 Å². The predicted octanol–water partition coefficient (Wildman–Crippen LogP) is 2.22. The van der Waals surface area contributed by atoms with Crippen LogP contribution in [-0.4, -0.2) is 15.4 Å². The highest BCUT2D eigenvalue weighted by Gasteiger charge is 2.17. The number of aromatic nitrogens is 1. The number of rotatable bonds is 6. The molecule has 0 aliphatic heterocycles. The van der Waals surface area contributed by atoms with Crippen LogP contribution in [0.25, 0.3) is 17.3 Å². The zero-order chi connectivity index (χ0) is 24.1. The van der Waals surface area contributed by atoms with E-state index in [9.17, 15) is 25.0 Å². The summed E-state index contributed by atoms with van der Waals surface area (Å²) in [5.74, 6) is -0.129. The van der Waals surface area contributed by atoms with E-state index in [0.717, 1.165) is 11.3 Å². The Morgan fingerprint density at radius 3 is 2.50 bits per heavy atom. The molecule has 0 unspecified atom stereocenters. The SMILES string of the molecule is N#C/C(C(=O)NCc1ccco1)=c1/s/c(=C\c2ccc([N+](=O)[O-])cc2)c(=O)n1-c1ccccc1. The molecule has 168 valence electrons. The van der Waals surface area contributed by atoms with Crippen molar-refractivity contribution < 1.29 is 14.1 Å². The highest BCUT2D eigenvalue weighted by Crippen LogP contribution is 2.12. The molecule has 9 nitrogen and oxygen atoms in total. The van der Waals surface area contributed by atoms with Crippen molar-refractivity contribution in [1.82, 2.24) is 9.88 Å².